The number of nitrogens with one attached hydrogen (secondary N) is 2. The van der Waals surface area contributed by atoms with Crippen LogP contribution in [-0.4, -0.2) is 54.6 Å². The third-order valence-corrected chi connectivity index (χ3v) is 3.55. The molecule has 0 aliphatic rings. The second kappa shape index (κ2) is 10.8. The SMILES string of the molecule is CN=C(NCCn1cc([N+](=O)[O-])cn1)Nc1cccc(OCCCOC)c1. The van der Waals surface area contributed by atoms with Crippen LogP contribution in [0.15, 0.2) is 41.7 Å². The Labute approximate surface area is 157 Å². The molecule has 0 saturated carbocycles. The first-order valence-corrected chi connectivity index (χ1v) is 8.48. The van der Waals surface area contributed by atoms with Crippen LogP contribution in [0.25, 0.3) is 0 Å². The van der Waals surface area contributed by atoms with Gasteiger partial charge in [-0.3, -0.25) is 19.8 Å². The van der Waals surface area contributed by atoms with Gasteiger partial charge in [0.1, 0.15) is 18.1 Å². The summed E-state index contributed by atoms with van der Waals surface area (Å²) in [6.45, 7) is 2.22. The van der Waals surface area contributed by atoms with Gasteiger partial charge >= 0.3 is 5.69 Å². The van der Waals surface area contributed by atoms with Gasteiger partial charge in [-0.25, -0.2) is 0 Å². The van der Waals surface area contributed by atoms with Crippen LogP contribution in [0.4, 0.5) is 11.4 Å². The lowest BCUT2D eigenvalue weighted by Gasteiger charge is -2.13. The summed E-state index contributed by atoms with van der Waals surface area (Å²) < 4.78 is 12.2. The van der Waals surface area contributed by atoms with Crippen LogP contribution in [0.1, 0.15) is 6.42 Å². The smallest absolute Gasteiger partial charge is 0.306 e. The molecule has 1 heterocycles. The number of guanidine groups is 1. The number of benzene rings is 1. The summed E-state index contributed by atoms with van der Waals surface area (Å²) in [6.07, 6.45) is 3.44. The van der Waals surface area contributed by atoms with E-state index in [1.807, 2.05) is 24.3 Å². The molecule has 1 aromatic heterocycles. The molecule has 2 aromatic rings. The fourth-order valence-corrected chi connectivity index (χ4v) is 2.23. The van der Waals surface area contributed by atoms with E-state index in [2.05, 4.69) is 20.7 Å². The Hall–Kier alpha value is -3.14. The van der Waals surface area contributed by atoms with Crippen LogP contribution in [0.5, 0.6) is 5.75 Å². The minimum absolute atomic E-state index is 0.0279. The van der Waals surface area contributed by atoms with E-state index in [0.29, 0.717) is 32.3 Å². The van der Waals surface area contributed by atoms with E-state index in [1.54, 1.807) is 14.2 Å². The normalized spacial score (nSPS) is 11.3. The molecule has 0 fully saturated rings. The number of methoxy groups -OCH3 is 1. The molecule has 0 aliphatic heterocycles. The molecule has 146 valence electrons. The highest BCUT2D eigenvalue weighted by atomic mass is 16.6. The Balaban J connectivity index is 1.81. The lowest BCUT2D eigenvalue weighted by molar-refractivity contribution is -0.385. The van der Waals surface area contributed by atoms with E-state index >= 15 is 0 Å². The maximum Gasteiger partial charge on any atom is 0.306 e. The van der Waals surface area contributed by atoms with Crippen molar-refractivity contribution in [2.75, 3.05) is 39.2 Å². The fourth-order valence-electron chi connectivity index (χ4n) is 2.23. The van der Waals surface area contributed by atoms with Crippen molar-refractivity contribution in [2.24, 2.45) is 4.99 Å². The average molecular weight is 376 g/mol. The zero-order valence-electron chi connectivity index (χ0n) is 15.4. The van der Waals surface area contributed by atoms with Crippen LogP contribution in [0, 0.1) is 10.1 Å². The Morgan fingerprint density at radius 1 is 1.41 bits per heavy atom. The molecule has 0 unspecified atom stereocenters. The van der Waals surface area contributed by atoms with Gasteiger partial charge in [-0.05, 0) is 12.1 Å². The Bertz CT molecular complexity index is 761. The van der Waals surface area contributed by atoms with Gasteiger partial charge in [0.05, 0.1) is 18.1 Å². The lowest BCUT2D eigenvalue weighted by atomic mass is 10.3. The first-order chi connectivity index (χ1) is 13.1. The van der Waals surface area contributed by atoms with Gasteiger partial charge < -0.3 is 20.1 Å². The second-order valence-electron chi connectivity index (χ2n) is 5.57. The van der Waals surface area contributed by atoms with Crippen molar-refractivity contribution in [3.05, 3.63) is 46.8 Å². The number of aromatic nitrogens is 2. The maximum absolute atomic E-state index is 10.7. The molecule has 27 heavy (non-hydrogen) atoms. The molecule has 0 spiro atoms. The molecular weight excluding hydrogens is 352 g/mol. The molecule has 10 heteroatoms. The molecule has 10 nitrogen and oxygen atoms in total. The van der Waals surface area contributed by atoms with Crippen molar-refractivity contribution < 1.29 is 14.4 Å². The second-order valence-corrected chi connectivity index (χ2v) is 5.57. The molecule has 1 aromatic carbocycles. The molecule has 2 N–H and O–H groups in total. The van der Waals surface area contributed by atoms with E-state index in [1.165, 1.54) is 17.1 Å². The van der Waals surface area contributed by atoms with E-state index in [0.717, 1.165) is 17.9 Å². The predicted molar refractivity (Wildman–Crippen MR) is 102 cm³/mol. The zero-order valence-corrected chi connectivity index (χ0v) is 15.4. The van der Waals surface area contributed by atoms with Crippen molar-refractivity contribution in [3.8, 4) is 5.75 Å². The summed E-state index contributed by atoms with van der Waals surface area (Å²) in [5.41, 5.74) is 0.807. The summed E-state index contributed by atoms with van der Waals surface area (Å²) in [5.74, 6) is 1.34. The number of nitro groups is 1. The average Bonchev–Trinajstić information content (AvgIpc) is 3.14. The zero-order chi connectivity index (χ0) is 19.5. The van der Waals surface area contributed by atoms with Gasteiger partial charge in [-0.2, -0.15) is 5.10 Å². The van der Waals surface area contributed by atoms with Gasteiger partial charge in [0.25, 0.3) is 0 Å². The van der Waals surface area contributed by atoms with Gasteiger partial charge in [-0.15, -0.1) is 0 Å². The molecule has 2 rings (SSSR count). The molecule has 0 saturated heterocycles. The standard InChI is InChI=1S/C17H24N6O4/c1-18-17(19-7-8-22-13-15(12-20-22)23(24)25)21-14-5-3-6-16(11-14)27-10-4-9-26-2/h3,5-6,11-13H,4,7-10H2,1-2H3,(H2,18,19,21). The van der Waals surface area contributed by atoms with Crippen molar-refractivity contribution in [1.82, 2.24) is 15.1 Å². The maximum atomic E-state index is 10.7. The predicted octanol–water partition coefficient (Wildman–Crippen LogP) is 1.89. The van der Waals surface area contributed by atoms with Gasteiger partial charge in [0.2, 0.25) is 0 Å². The summed E-state index contributed by atoms with van der Waals surface area (Å²) in [7, 11) is 3.33. The number of hydrogen-bond acceptors (Lipinski definition) is 6. The van der Waals surface area contributed by atoms with Crippen LogP contribution >= 0.6 is 0 Å². The Kier molecular flexibility index (Phi) is 8.04. The largest absolute Gasteiger partial charge is 0.493 e. The lowest BCUT2D eigenvalue weighted by Crippen LogP contribution is -2.33. The number of ether oxygens (including phenoxy) is 2. The van der Waals surface area contributed by atoms with E-state index in [-0.39, 0.29) is 5.69 Å². The molecule has 0 bridgehead atoms. The minimum atomic E-state index is -0.470. The number of rotatable bonds is 10. The van der Waals surface area contributed by atoms with E-state index in [4.69, 9.17) is 9.47 Å². The summed E-state index contributed by atoms with van der Waals surface area (Å²) in [4.78, 5) is 14.4. The van der Waals surface area contributed by atoms with Gasteiger partial charge in [0, 0.05) is 45.5 Å². The van der Waals surface area contributed by atoms with Crippen molar-refractivity contribution in [1.29, 1.82) is 0 Å². The Morgan fingerprint density at radius 3 is 2.96 bits per heavy atom. The van der Waals surface area contributed by atoms with Crippen LogP contribution in [-0.2, 0) is 11.3 Å². The van der Waals surface area contributed by atoms with E-state index < -0.39 is 4.92 Å². The highest BCUT2D eigenvalue weighted by molar-refractivity contribution is 5.93. The third kappa shape index (κ3) is 6.94. The molecule has 0 amide bonds. The molecular formula is C17H24N6O4. The molecule has 0 atom stereocenters. The van der Waals surface area contributed by atoms with Crippen LogP contribution in [0.3, 0.4) is 0 Å². The number of hydrogen-bond donors (Lipinski definition) is 2. The van der Waals surface area contributed by atoms with Crippen molar-refractivity contribution in [2.45, 2.75) is 13.0 Å². The highest BCUT2D eigenvalue weighted by Gasteiger charge is 2.08. The molecule has 0 aliphatic carbocycles. The first-order valence-electron chi connectivity index (χ1n) is 8.48. The van der Waals surface area contributed by atoms with Crippen molar-refractivity contribution in [3.63, 3.8) is 0 Å². The number of anilines is 1. The topological polar surface area (TPSA) is 116 Å². The number of aliphatic imine (C=N–C) groups is 1. The Morgan fingerprint density at radius 2 is 2.26 bits per heavy atom. The molecule has 0 radical (unpaired) electrons. The highest BCUT2D eigenvalue weighted by Crippen LogP contribution is 2.17. The number of nitrogens with zero attached hydrogens (tertiary/aromatic N) is 4. The van der Waals surface area contributed by atoms with Gasteiger partial charge in [0.15, 0.2) is 5.96 Å². The quantitative estimate of drug-likeness (QED) is 0.214. The minimum Gasteiger partial charge on any atom is -0.493 e. The van der Waals surface area contributed by atoms with E-state index in [9.17, 15) is 10.1 Å². The van der Waals surface area contributed by atoms with Crippen LogP contribution in [0.2, 0.25) is 0 Å². The summed E-state index contributed by atoms with van der Waals surface area (Å²) in [5, 5.41) is 20.9. The fraction of sp³-hybridized carbons (Fsp3) is 0.412. The summed E-state index contributed by atoms with van der Waals surface area (Å²) >= 11 is 0. The van der Waals surface area contributed by atoms with Crippen molar-refractivity contribution >= 4 is 17.3 Å². The monoisotopic (exact) mass is 376 g/mol. The summed E-state index contributed by atoms with van der Waals surface area (Å²) in [6, 6.07) is 7.57. The third-order valence-electron chi connectivity index (χ3n) is 3.55. The van der Waals surface area contributed by atoms with Gasteiger partial charge in [-0.1, -0.05) is 6.07 Å². The first kappa shape index (κ1) is 20.2. The van der Waals surface area contributed by atoms with Crippen LogP contribution < -0.4 is 15.4 Å².